The summed E-state index contributed by atoms with van der Waals surface area (Å²) in [5.41, 5.74) is 5.72. The van der Waals surface area contributed by atoms with E-state index in [1.807, 2.05) is 20.9 Å². The lowest BCUT2D eigenvalue weighted by Crippen LogP contribution is -2.32. The van der Waals surface area contributed by atoms with Crippen molar-refractivity contribution in [2.45, 2.75) is 40.2 Å². The lowest BCUT2D eigenvalue weighted by molar-refractivity contribution is 0.481. The lowest BCUT2D eigenvalue weighted by Gasteiger charge is -2.12. The van der Waals surface area contributed by atoms with Crippen molar-refractivity contribution >= 4 is 0 Å². The zero-order valence-corrected chi connectivity index (χ0v) is 8.65. The Morgan fingerprint density at radius 3 is 2.00 bits per heavy atom. The summed E-state index contributed by atoms with van der Waals surface area (Å²) in [6, 6.07) is 0.329. The molecule has 0 aromatic carbocycles. The molecule has 1 atom stereocenters. The third-order valence-electron chi connectivity index (χ3n) is 1.24. The summed E-state index contributed by atoms with van der Waals surface area (Å²) < 4.78 is 0. The molecule has 0 radical (unpaired) electrons. The molecule has 0 spiro atoms. The maximum atomic E-state index is 5.72. The molecular formula is C9H24N2. The van der Waals surface area contributed by atoms with Gasteiger partial charge < -0.3 is 11.1 Å². The zero-order valence-electron chi connectivity index (χ0n) is 8.65. The van der Waals surface area contributed by atoms with Crippen LogP contribution in [-0.4, -0.2) is 19.6 Å². The van der Waals surface area contributed by atoms with Gasteiger partial charge in [0.15, 0.2) is 0 Å². The molecule has 0 aliphatic rings. The summed E-state index contributed by atoms with van der Waals surface area (Å²) in [6.45, 7) is 9.31. The average molecular weight is 160 g/mol. The van der Waals surface area contributed by atoms with Gasteiger partial charge in [-0.2, -0.15) is 0 Å². The summed E-state index contributed by atoms with van der Waals surface area (Å²) in [7, 11) is 1.93. The van der Waals surface area contributed by atoms with Crippen LogP contribution < -0.4 is 11.1 Å². The monoisotopic (exact) mass is 160 g/mol. The molecule has 0 fully saturated rings. The first-order valence-electron chi connectivity index (χ1n) is 4.57. The predicted molar refractivity (Wildman–Crippen MR) is 52.7 cm³/mol. The van der Waals surface area contributed by atoms with E-state index in [4.69, 9.17) is 5.73 Å². The van der Waals surface area contributed by atoms with Gasteiger partial charge in [-0.3, -0.25) is 0 Å². The van der Waals surface area contributed by atoms with Crippen molar-refractivity contribution < 1.29 is 0 Å². The summed E-state index contributed by atoms with van der Waals surface area (Å²) in [6.07, 6.45) is 1.11. The first-order valence-corrected chi connectivity index (χ1v) is 4.57. The highest BCUT2D eigenvalue weighted by Gasteiger charge is 2.02. The van der Waals surface area contributed by atoms with Crippen LogP contribution in [0.3, 0.4) is 0 Å². The van der Waals surface area contributed by atoms with Gasteiger partial charge in [-0.1, -0.05) is 27.7 Å². The van der Waals surface area contributed by atoms with Crippen LogP contribution in [0.5, 0.6) is 0 Å². The number of likely N-dealkylation sites (N-methyl/N-ethyl adjacent to an activating group) is 1. The second-order valence-electron chi connectivity index (χ2n) is 2.95. The normalized spacial score (nSPS) is 12.3. The minimum Gasteiger partial charge on any atom is -0.327 e. The van der Waals surface area contributed by atoms with Gasteiger partial charge in [-0.25, -0.2) is 0 Å². The molecule has 0 aliphatic carbocycles. The molecule has 0 heterocycles. The van der Waals surface area contributed by atoms with Crippen molar-refractivity contribution in [3.8, 4) is 0 Å². The van der Waals surface area contributed by atoms with E-state index in [-0.39, 0.29) is 0 Å². The zero-order chi connectivity index (χ0) is 9.28. The Morgan fingerprint density at radius 2 is 1.73 bits per heavy atom. The Morgan fingerprint density at radius 1 is 1.27 bits per heavy atom. The van der Waals surface area contributed by atoms with Gasteiger partial charge >= 0.3 is 0 Å². The van der Waals surface area contributed by atoms with E-state index in [2.05, 4.69) is 19.2 Å². The Labute approximate surface area is 71.6 Å². The Hall–Kier alpha value is -0.0800. The molecule has 3 N–H and O–H groups in total. The number of rotatable bonds is 4. The first-order chi connectivity index (χ1) is 5.16. The van der Waals surface area contributed by atoms with Crippen LogP contribution in [0.15, 0.2) is 0 Å². The van der Waals surface area contributed by atoms with Gasteiger partial charge in [-0.05, 0) is 19.4 Å². The van der Waals surface area contributed by atoms with Gasteiger partial charge in [0.25, 0.3) is 0 Å². The second-order valence-corrected chi connectivity index (χ2v) is 2.95. The number of nitrogens with one attached hydrogen (secondary N) is 1. The number of nitrogens with two attached hydrogens (primary N) is 1. The fourth-order valence-electron chi connectivity index (χ4n) is 0.951. The minimum absolute atomic E-state index is 0.329. The smallest absolute Gasteiger partial charge is 0.0167 e. The van der Waals surface area contributed by atoms with Crippen LogP contribution in [0.2, 0.25) is 0 Å². The number of hydrogen-bond donors (Lipinski definition) is 2. The maximum absolute atomic E-state index is 5.72. The summed E-state index contributed by atoms with van der Waals surface area (Å²) >= 11 is 0. The SMILES string of the molecule is CC.CNCC(N)CC(C)C. The molecule has 0 amide bonds. The van der Waals surface area contributed by atoms with Crippen LogP contribution in [-0.2, 0) is 0 Å². The fraction of sp³-hybridized carbons (Fsp3) is 1.00. The van der Waals surface area contributed by atoms with Crippen molar-refractivity contribution in [3.05, 3.63) is 0 Å². The second kappa shape index (κ2) is 9.92. The molecule has 0 rings (SSSR count). The van der Waals surface area contributed by atoms with E-state index in [9.17, 15) is 0 Å². The van der Waals surface area contributed by atoms with Crippen molar-refractivity contribution in [1.29, 1.82) is 0 Å². The van der Waals surface area contributed by atoms with Crippen LogP contribution >= 0.6 is 0 Å². The molecule has 70 valence electrons. The van der Waals surface area contributed by atoms with Crippen molar-refractivity contribution in [2.75, 3.05) is 13.6 Å². The van der Waals surface area contributed by atoms with E-state index in [1.165, 1.54) is 0 Å². The molecule has 0 saturated heterocycles. The van der Waals surface area contributed by atoms with Gasteiger partial charge in [0.05, 0.1) is 0 Å². The third kappa shape index (κ3) is 13.0. The van der Waals surface area contributed by atoms with Crippen molar-refractivity contribution in [1.82, 2.24) is 5.32 Å². The van der Waals surface area contributed by atoms with Crippen LogP contribution in [0, 0.1) is 5.92 Å². The molecule has 11 heavy (non-hydrogen) atoms. The quantitative estimate of drug-likeness (QED) is 0.655. The molecule has 1 unspecified atom stereocenters. The minimum atomic E-state index is 0.329. The summed E-state index contributed by atoms with van der Waals surface area (Å²) in [4.78, 5) is 0. The van der Waals surface area contributed by atoms with E-state index < -0.39 is 0 Å². The van der Waals surface area contributed by atoms with Gasteiger partial charge in [-0.15, -0.1) is 0 Å². The Bertz CT molecular complexity index is 62.6. The molecule has 0 aliphatic heterocycles. The molecule has 0 bridgehead atoms. The molecule has 0 aromatic heterocycles. The maximum Gasteiger partial charge on any atom is 0.0167 e. The molecule has 0 aromatic rings. The highest BCUT2D eigenvalue weighted by molar-refractivity contribution is 4.64. The highest BCUT2D eigenvalue weighted by Crippen LogP contribution is 2.00. The molecule has 2 heteroatoms. The topological polar surface area (TPSA) is 38.0 Å². The predicted octanol–water partition coefficient (Wildman–Crippen LogP) is 1.61. The van der Waals surface area contributed by atoms with E-state index in [0.29, 0.717) is 12.0 Å². The first kappa shape index (κ1) is 13.5. The van der Waals surface area contributed by atoms with Crippen molar-refractivity contribution in [3.63, 3.8) is 0 Å². The Kier molecular flexibility index (Phi) is 12.2. The van der Waals surface area contributed by atoms with Crippen LogP contribution in [0.4, 0.5) is 0 Å². The van der Waals surface area contributed by atoms with E-state index in [1.54, 1.807) is 0 Å². The molecule has 2 nitrogen and oxygen atoms in total. The summed E-state index contributed by atoms with van der Waals surface area (Å²) in [5.74, 6) is 0.716. The number of hydrogen-bond acceptors (Lipinski definition) is 2. The van der Waals surface area contributed by atoms with Crippen molar-refractivity contribution in [2.24, 2.45) is 11.7 Å². The molecule has 0 saturated carbocycles. The Balaban J connectivity index is 0. The molecular weight excluding hydrogens is 136 g/mol. The van der Waals surface area contributed by atoms with E-state index >= 15 is 0 Å². The van der Waals surface area contributed by atoms with Crippen LogP contribution in [0.25, 0.3) is 0 Å². The third-order valence-corrected chi connectivity index (χ3v) is 1.24. The van der Waals surface area contributed by atoms with Gasteiger partial charge in [0.2, 0.25) is 0 Å². The summed E-state index contributed by atoms with van der Waals surface area (Å²) in [5, 5.41) is 3.05. The highest BCUT2D eigenvalue weighted by atomic mass is 14.9. The fourth-order valence-corrected chi connectivity index (χ4v) is 0.951. The average Bonchev–Trinajstić information content (AvgIpc) is 1.91. The van der Waals surface area contributed by atoms with Gasteiger partial charge in [0.1, 0.15) is 0 Å². The lowest BCUT2D eigenvalue weighted by atomic mass is 10.1. The van der Waals surface area contributed by atoms with E-state index in [0.717, 1.165) is 13.0 Å². The van der Waals surface area contributed by atoms with Gasteiger partial charge in [0, 0.05) is 12.6 Å². The van der Waals surface area contributed by atoms with Crippen LogP contribution in [0.1, 0.15) is 34.1 Å². The largest absolute Gasteiger partial charge is 0.327 e. The standard InChI is InChI=1S/C7H18N2.C2H6/c1-6(2)4-7(8)5-9-3;1-2/h6-7,9H,4-5,8H2,1-3H3;1-2H3.